The Balaban J connectivity index is 2.13. The Morgan fingerprint density at radius 1 is 1.47 bits per heavy atom. The van der Waals surface area contributed by atoms with Crippen LogP contribution in [-0.4, -0.2) is 9.78 Å². The molecule has 2 rings (SSSR count). The molecular weight excluding hydrogens is 329 g/mol. The molecule has 0 amide bonds. The number of hydrogen-bond donors (Lipinski definition) is 1. The van der Waals surface area contributed by atoms with Crippen molar-refractivity contribution in [1.29, 1.82) is 0 Å². The van der Waals surface area contributed by atoms with Crippen LogP contribution in [0, 0.1) is 3.57 Å². The van der Waals surface area contributed by atoms with Gasteiger partial charge in [0.05, 0.1) is 16.0 Å². The number of nitrogens with two attached hydrogens (primary N) is 1. The first-order valence-electron chi connectivity index (χ1n) is 5.44. The minimum absolute atomic E-state index is 0.739. The summed E-state index contributed by atoms with van der Waals surface area (Å²) in [5.74, 6) is 1.55. The summed E-state index contributed by atoms with van der Waals surface area (Å²) >= 11 is 2.20. The van der Waals surface area contributed by atoms with Gasteiger partial charge in [0.1, 0.15) is 5.75 Å². The molecule has 4 nitrogen and oxygen atoms in total. The number of halogens is 1. The number of aromatic nitrogens is 2. The van der Waals surface area contributed by atoms with Gasteiger partial charge in [-0.3, -0.25) is 4.68 Å². The molecule has 90 valence electrons. The summed E-state index contributed by atoms with van der Waals surface area (Å²) in [4.78, 5) is 0. The van der Waals surface area contributed by atoms with E-state index in [2.05, 4.69) is 34.6 Å². The van der Waals surface area contributed by atoms with E-state index in [1.54, 1.807) is 6.20 Å². The topological polar surface area (TPSA) is 53.1 Å². The van der Waals surface area contributed by atoms with E-state index in [1.807, 2.05) is 29.1 Å². The third-order valence-corrected chi connectivity index (χ3v) is 3.09. The second-order valence-corrected chi connectivity index (χ2v) is 4.89. The average Bonchev–Trinajstić information content (AvgIpc) is 2.71. The Bertz CT molecular complexity index is 510. The highest BCUT2D eigenvalue weighted by Crippen LogP contribution is 2.27. The molecule has 0 atom stereocenters. The Morgan fingerprint density at radius 3 is 3.00 bits per heavy atom. The van der Waals surface area contributed by atoms with Crippen LogP contribution in [0.4, 0.5) is 5.69 Å². The van der Waals surface area contributed by atoms with Crippen molar-refractivity contribution in [2.75, 3.05) is 5.73 Å². The van der Waals surface area contributed by atoms with Crippen molar-refractivity contribution < 1.29 is 4.74 Å². The van der Waals surface area contributed by atoms with E-state index in [9.17, 15) is 0 Å². The normalized spacial score (nSPS) is 10.5. The van der Waals surface area contributed by atoms with Crippen molar-refractivity contribution in [1.82, 2.24) is 9.78 Å². The van der Waals surface area contributed by atoms with E-state index in [1.165, 1.54) is 0 Å². The number of rotatable bonds is 4. The molecule has 0 saturated carbocycles. The fourth-order valence-electron chi connectivity index (χ4n) is 1.48. The van der Waals surface area contributed by atoms with E-state index < -0.39 is 0 Å². The van der Waals surface area contributed by atoms with Gasteiger partial charge in [0.2, 0.25) is 0 Å². The highest BCUT2D eigenvalue weighted by atomic mass is 127. The first-order chi connectivity index (χ1) is 8.19. The van der Waals surface area contributed by atoms with Crippen LogP contribution < -0.4 is 10.5 Å². The van der Waals surface area contributed by atoms with Gasteiger partial charge in [-0.25, -0.2) is 0 Å². The lowest BCUT2D eigenvalue weighted by Crippen LogP contribution is -1.95. The maximum Gasteiger partial charge on any atom is 0.165 e. The standard InChI is InChI=1S/C12H14IN3O/c1-2-5-16-8-10(7-15-16)17-12-4-3-9(14)6-11(12)13/h3-4,6-8H,2,5,14H2,1H3. The van der Waals surface area contributed by atoms with Gasteiger partial charge in [0, 0.05) is 12.2 Å². The highest BCUT2D eigenvalue weighted by molar-refractivity contribution is 14.1. The molecule has 0 bridgehead atoms. The van der Waals surface area contributed by atoms with Crippen LogP contribution in [0.3, 0.4) is 0 Å². The monoisotopic (exact) mass is 343 g/mol. The Kier molecular flexibility index (Phi) is 3.88. The molecule has 0 unspecified atom stereocenters. The second-order valence-electron chi connectivity index (χ2n) is 3.73. The van der Waals surface area contributed by atoms with E-state index in [-0.39, 0.29) is 0 Å². The van der Waals surface area contributed by atoms with Gasteiger partial charge < -0.3 is 10.5 Å². The van der Waals surface area contributed by atoms with Crippen molar-refractivity contribution >= 4 is 28.3 Å². The molecule has 1 aromatic carbocycles. The Morgan fingerprint density at radius 2 is 2.29 bits per heavy atom. The number of ether oxygens (including phenoxy) is 1. The summed E-state index contributed by atoms with van der Waals surface area (Å²) in [7, 11) is 0. The van der Waals surface area contributed by atoms with Gasteiger partial charge in [0.25, 0.3) is 0 Å². The van der Waals surface area contributed by atoms with Crippen molar-refractivity contribution in [3.05, 3.63) is 34.2 Å². The van der Waals surface area contributed by atoms with Gasteiger partial charge in [-0.2, -0.15) is 5.10 Å². The SMILES string of the molecule is CCCn1cc(Oc2ccc(N)cc2I)cn1. The molecule has 2 aromatic rings. The predicted octanol–water partition coefficient (Wildman–Crippen LogP) is 3.27. The van der Waals surface area contributed by atoms with E-state index in [4.69, 9.17) is 10.5 Å². The maximum atomic E-state index is 5.74. The number of anilines is 1. The zero-order valence-electron chi connectivity index (χ0n) is 9.56. The summed E-state index contributed by atoms with van der Waals surface area (Å²) in [6.07, 6.45) is 4.68. The largest absolute Gasteiger partial charge is 0.453 e. The molecule has 17 heavy (non-hydrogen) atoms. The van der Waals surface area contributed by atoms with Gasteiger partial charge in [-0.1, -0.05) is 6.92 Å². The molecule has 0 aliphatic heterocycles. The fourth-order valence-corrected chi connectivity index (χ4v) is 2.12. The van der Waals surface area contributed by atoms with Crippen LogP contribution in [0.1, 0.15) is 13.3 Å². The number of benzene rings is 1. The van der Waals surface area contributed by atoms with E-state index in [0.29, 0.717) is 0 Å². The quantitative estimate of drug-likeness (QED) is 0.685. The average molecular weight is 343 g/mol. The lowest BCUT2D eigenvalue weighted by atomic mass is 10.3. The number of hydrogen-bond acceptors (Lipinski definition) is 3. The van der Waals surface area contributed by atoms with E-state index >= 15 is 0 Å². The predicted molar refractivity (Wildman–Crippen MR) is 76.2 cm³/mol. The van der Waals surface area contributed by atoms with E-state index in [0.717, 1.165) is 33.7 Å². The zero-order valence-corrected chi connectivity index (χ0v) is 11.7. The number of nitrogen functional groups attached to an aromatic ring is 1. The first-order valence-corrected chi connectivity index (χ1v) is 6.52. The molecule has 5 heteroatoms. The minimum atomic E-state index is 0.739. The third-order valence-electron chi connectivity index (χ3n) is 2.25. The molecule has 2 N–H and O–H groups in total. The lowest BCUT2D eigenvalue weighted by molar-refractivity contribution is 0.477. The smallest absolute Gasteiger partial charge is 0.165 e. The molecule has 0 saturated heterocycles. The first kappa shape index (κ1) is 12.2. The number of aryl methyl sites for hydroxylation is 1. The van der Waals surface area contributed by atoms with Crippen molar-refractivity contribution in [2.45, 2.75) is 19.9 Å². The molecule has 0 aliphatic rings. The van der Waals surface area contributed by atoms with Crippen LogP contribution >= 0.6 is 22.6 Å². The summed E-state index contributed by atoms with van der Waals surface area (Å²) in [5.41, 5.74) is 6.43. The van der Waals surface area contributed by atoms with Crippen LogP contribution in [0.5, 0.6) is 11.5 Å². The summed E-state index contributed by atoms with van der Waals surface area (Å²) in [6.45, 7) is 3.02. The third kappa shape index (κ3) is 3.12. The summed E-state index contributed by atoms with van der Waals surface area (Å²) < 4.78 is 8.61. The zero-order chi connectivity index (χ0) is 12.3. The lowest BCUT2D eigenvalue weighted by Gasteiger charge is -2.05. The Hall–Kier alpha value is -1.24. The van der Waals surface area contributed by atoms with Crippen LogP contribution in [-0.2, 0) is 6.54 Å². The van der Waals surface area contributed by atoms with Crippen LogP contribution in [0.25, 0.3) is 0 Å². The fraction of sp³-hybridized carbons (Fsp3) is 0.250. The molecular formula is C12H14IN3O. The van der Waals surface area contributed by atoms with Gasteiger partial charge in [-0.15, -0.1) is 0 Å². The summed E-state index contributed by atoms with van der Waals surface area (Å²) in [5, 5.41) is 4.21. The molecule has 0 radical (unpaired) electrons. The maximum absolute atomic E-state index is 5.74. The highest BCUT2D eigenvalue weighted by Gasteiger charge is 2.05. The molecule has 0 spiro atoms. The molecule has 0 fully saturated rings. The Labute approximate surface area is 114 Å². The van der Waals surface area contributed by atoms with Crippen LogP contribution in [0.2, 0.25) is 0 Å². The van der Waals surface area contributed by atoms with Crippen LogP contribution in [0.15, 0.2) is 30.6 Å². The number of nitrogens with zero attached hydrogens (tertiary/aromatic N) is 2. The molecule has 1 aromatic heterocycles. The molecule has 1 heterocycles. The summed E-state index contributed by atoms with van der Waals surface area (Å²) in [6, 6.07) is 5.58. The van der Waals surface area contributed by atoms with Gasteiger partial charge in [-0.05, 0) is 47.2 Å². The van der Waals surface area contributed by atoms with Gasteiger partial charge >= 0.3 is 0 Å². The van der Waals surface area contributed by atoms with Crippen molar-refractivity contribution in [3.8, 4) is 11.5 Å². The second kappa shape index (κ2) is 5.39. The molecule has 0 aliphatic carbocycles. The minimum Gasteiger partial charge on any atom is -0.453 e. The van der Waals surface area contributed by atoms with Crippen molar-refractivity contribution in [3.63, 3.8) is 0 Å². The van der Waals surface area contributed by atoms with Crippen molar-refractivity contribution in [2.24, 2.45) is 0 Å². The van der Waals surface area contributed by atoms with Gasteiger partial charge in [0.15, 0.2) is 5.75 Å².